The molecule has 0 atom stereocenters. The molecule has 0 aliphatic carbocycles. The van der Waals surface area contributed by atoms with Gasteiger partial charge in [-0.1, -0.05) is 115 Å². The quantitative estimate of drug-likeness (QED) is 0.0615. The lowest BCUT2D eigenvalue weighted by molar-refractivity contribution is -0.123. The van der Waals surface area contributed by atoms with Gasteiger partial charge in [-0.2, -0.15) is 0 Å². The van der Waals surface area contributed by atoms with Gasteiger partial charge in [-0.25, -0.2) is 0 Å². The van der Waals surface area contributed by atoms with Crippen molar-refractivity contribution in [3.05, 3.63) is 24.3 Å². The first kappa shape index (κ1) is 35.4. The van der Waals surface area contributed by atoms with Crippen LogP contribution in [0.25, 0.3) is 0 Å². The van der Waals surface area contributed by atoms with Crippen molar-refractivity contribution in [3.8, 4) is 0 Å². The number of hydrogen-bond donors (Lipinski definition) is 2. The Balaban J connectivity index is 3.36. The van der Waals surface area contributed by atoms with E-state index in [-0.39, 0.29) is 18.5 Å². The van der Waals surface area contributed by atoms with E-state index in [1.165, 1.54) is 116 Å². The molecule has 0 rings (SSSR count). The number of amides is 2. The zero-order chi connectivity index (χ0) is 27.1. The summed E-state index contributed by atoms with van der Waals surface area (Å²) in [5.74, 6) is 0.0858. The molecule has 0 spiro atoms. The van der Waals surface area contributed by atoms with Gasteiger partial charge in [0.05, 0.1) is 6.67 Å². The van der Waals surface area contributed by atoms with Crippen molar-refractivity contribution in [1.29, 1.82) is 0 Å². The van der Waals surface area contributed by atoms with Crippen LogP contribution in [0.15, 0.2) is 24.3 Å². The van der Waals surface area contributed by atoms with Gasteiger partial charge in [0.2, 0.25) is 11.8 Å². The molecule has 0 saturated carbocycles. The second-order valence-electron chi connectivity index (χ2n) is 10.6. The van der Waals surface area contributed by atoms with E-state index in [0.717, 1.165) is 25.7 Å². The van der Waals surface area contributed by atoms with Crippen molar-refractivity contribution < 1.29 is 9.59 Å². The van der Waals surface area contributed by atoms with Crippen LogP contribution in [-0.2, 0) is 9.59 Å². The molecule has 0 aromatic heterocycles. The fourth-order valence-corrected chi connectivity index (χ4v) is 4.42. The Hall–Kier alpha value is -1.58. The number of rotatable bonds is 28. The number of allylic oxidation sites excluding steroid dienone is 4. The average Bonchev–Trinajstić information content (AvgIpc) is 2.89. The van der Waals surface area contributed by atoms with Crippen LogP contribution >= 0.6 is 0 Å². The third-order valence-electron chi connectivity index (χ3n) is 6.90. The number of carbonyl (C=O) groups excluding carboxylic acids is 2. The minimum Gasteiger partial charge on any atom is -0.339 e. The molecule has 0 aromatic rings. The van der Waals surface area contributed by atoms with Crippen molar-refractivity contribution >= 4 is 11.8 Å². The number of hydrogen-bond acceptors (Lipinski definition) is 2. The molecule has 0 aliphatic heterocycles. The van der Waals surface area contributed by atoms with E-state index in [1.54, 1.807) is 0 Å². The van der Waals surface area contributed by atoms with Crippen LogP contribution in [-0.4, -0.2) is 18.5 Å². The van der Waals surface area contributed by atoms with E-state index >= 15 is 0 Å². The molecule has 0 saturated heterocycles. The largest absolute Gasteiger partial charge is 0.339 e. The van der Waals surface area contributed by atoms with Crippen molar-refractivity contribution in [2.24, 2.45) is 0 Å². The minimum absolute atomic E-state index is 0.0429. The van der Waals surface area contributed by atoms with Crippen LogP contribution < -0.4 is 10.6 Å². The third kappa shape index (κ3) is 30.5. The second-order valence-corrected chi connectivity index (χ2v) is 10.6. The molecule has 0 bridgehead atoms. The highest BCUT2D eigenvalue weighted by Gasteiger charge is 2.03. The summed E-state index contributed by atoms with van der Waals surface area (Å²) in [6.45, 7) is 4.76. The Labute approximate surface area is 230 Å². The van der Waals surface area contributed by atoms with Crippen LogP contribution in [0.5, 0.6) is 0 Å². The molecule has 37 heavy (non-hydrogen) atoms. The van der Waals surface area contributed by atoms with Gasteiger partial charge in [-0.3, -0.25) is 9.59 Å². The van der Waals surface area contributed by atoms with E-state index < -0.39 is 0 Å². The number of carbonyl (C=O) groups is 2. The lowest BCUT2D eigenvalue weighted by Crippen LogP contribution is -2.37. The summed E-state index contributed by atoms with van der Waals surface area (Å²) < 4.78 is 0. The van der Waals surface area contributed by atoms with Crippen LogP contribution in [0, 0.1) is 0 Å². The standard InChI is InChI=1S/C33H62N2O2/c1-3-5-7-9-11-13-15-17-19-21-23-25-27-29-32(36)34-31-35-33(37)30-28-26-24-22-20-18-16-14-12-10-8-6-4-2/h13-16H,3-12,17-31H2,1-2H3,(H,34,36)(H,35,37)/b15-13-,16-14-. The molecular formula is C33H62N2O2. The molecule has 4 heteroatoms. The third-order valence-corrected chi connectivity index (χ3v) is 6.90. The predicted octanol–water partition coefficient (Wildman–Crippen LogP) is 9.69. The predicted molar refractivity (Wildman–Crippen MR) is 162 cm³/mol. The Kier molecular flexibility index (Phi) is 29.3. The van der Waals surface area contributed by atoms with Crippen LogP contribution in [0.4, 0.5) is 0 Å². The molecule has 0 radical (unpaired) electrons. The summed E-state index contributed by atoms with van der Waals surface area (Å²) >= 11 is 0. The van der Waals surface area contributed by atoms with Crippen molar-refractivity contribution in [1.82, 2.24) is 10.6 Å². The maximum atomic E-state index is 11.9. The van der Waals surface area contributed by atoms with Gasteiger partial charge in [0, 0.05) is 12.8 Å². The highest BCUT2D eigenvalue weighted by atomic mass is 16.2. The van der Waals surface area contributed by atoms with Crippen LogP contribution in [0.2, 0.25) is 0 Å². The first-order valence-corrected chi connectivity index (χ1v) is 16.0. The SMILES string of the molecule is CCCCCC/C=C\CCCCCCCC(=O)NCNC(=O)CCCCCCC/C=C\CCCCCC. The smallest absolute Gasteiger partial charge is 0.221 e. The maximum absolute atomic E-state index is 11.9. The molecule has 0 aromatic carbocycles. The first-order valence-electron chi connectivity index (χ1n) is 16.0. The molecule has 216 valence electrons. The van der Waals surface area contributed by atoms with Gasteiger partial charge in [-0.05, 0) is 64.2 Å². The Morgan fingerprint density at radius 1 is 0.432 bits per heavy atom. The van der Waals surface area contributed by atoms with Crippen molar-refractivity contribution in [2.45, 2.75) is 168 Å². The average molecular weight is 519 g/mol. The summed E-state index contributed by atoms with van der Waals surface area (Å²) in [6.07, 6.45) is 37.5. The van der Waals surface area contributed by atoms with Gasteiger partial charge in [0.15, 0.2) is 0 Å². The summed E-state index contributed by atoms with van der Waals surface area (Å²) in [4.78, 5) is 23.9. The normalized spacial score (nSPS) is 11.5. The maximum Gasteiger partial charge on any atom is 0.221 e. The Morgan fingerprint density at radius 3 is 1.08 bits per heavy atom. The zero-order valence-electron chi connectivity index (χ0n) is 24.8. The molecule has 0 unspecified atom stereocenters. The summed E-state index contributed by atoms with van der Waals surface area (Å²) in [5, 5.41) is 5.64. The highest BCUT2D eigenvalue weighted by molar-refractivity contribution is 5.78. The molecular weight excluding hydrogens is 456 g/mol. The molecule has 0 aliphatic rings. The van der Waals surface area contributed by atoms with Crippen molar-refractivity contribution in [3.63, 3.8) is 0 Å². The van der Waals surface area contributed by atoms with E-state index in [4.69, 9.17) is 0 Å². The van der Waals surface area contributed by atoms with Gasteiger partial charge >= 0.3 is 0 Å². The van der Waals surface area contributed by atoms with E-state index in [2.05, 4.69) is 48.8 Å². The van der Waals surface area contributed by atoms with Crippen molar-refractivity contribution in [2.75, 3.05) is 6.67 Å². The Bertz CT molecular complexity index is 509. The summed E-state index contributed by atoms with van der Waals surface area (Å²) in [5.41, 5.74) is 0. The van der Waals surface area contributed by atoms with E-state index in [9.17, 15) is 9.59 Å². The number of nitrogens with one attached hydrogen (secondary N) is 2. The second kappa shape index (κ2) is 30.6. The van der Waals surface area contributed by atoms with Crippen LogP contribution in [0.3, 0.4) is 0 Å². The lowest BCUT2D eigenvalue weighted by atomic mass is 10.1. The zero-order valence-corrected chi connectivity index (χ0v) is 24.8. The van der Waals surface area contributed by atoms with E-state index in [0.29, 0.717) is 12.8 Å². The van der Waals surface area contributed by atoms with Gasteiger partial charge in [0.1, 0.15) is 0 Å². The molecule has 0 fully saturated rings. The monoisotopic (exact) mass is 518 g/mol. The first-order chi connectivity index (χ1) is 18.2. The van der Waals surface area contributed by atoms with Crippen LogP contribution in [0.1, 0.15) is 168 Å². The topological polar surface area (TPSA) is 58.2 Å². The summed E-state index contributed by atoms with van der Waals surface area (Å²) in [6, 6.07) is 0. The minimum atomic E-state index is 0.0429. The van der Waals surface area contributed by atoms with Gasteiger partial charge in [0.25, 0.3) is 0 Å². The molecule has 2 N–H and O–H groups in total. The highest BCUT2D eigenvalue weighted by Crippen LogP contribution is 2.10. The lowest BCUT2D eigenvalue weighted by Gasteiger charge is -2.07. The molecule has 2 amide bonds. The molecule has 4 nitrogen and oxygen atoms in total. The van der Waals surface area contributed by atoms with Gasteiger partial charge in [-0.15, -0.1) is 0 Å². The van der Waals surface area contributed by atoms with Gasteiger partial charge < -0.3 is 10.6 Å². The fraction of sp³-hybridized carbons (Fsp3) is 0.818. The Morgan fingerprint density at radius 2 is 0.730 bits per heavy atom. The molecule has 0 heterocycles. The number of unbranched alkanes of at least 4 members (excludes halogenated alkanes) is 18. The summed E-state index contributed by atoms with van der Waals surface area (Å²) in [7, 11) is 0. The fourth-order valence-electron chi connectivity index (χ4n) is 4.42. The van der Waals surface area contributed by atoms with E-state index in [1.807, 2.05) is 0 Å².